The monoisotopic (exact) mass is 436 g/mol. The number of aromatic nitrogens is 1. The Morgan fingerprint density at radius 2 is 2.06 bits per heavy atom. The maximum Gasteiger partial charge on any atom is 0.336 e. The van der Waals surface area contributed by atoms with Crippen LogP contribution in [0.15, 0.2) is 63.8 Å². The van der Waals surface area contributed by atoms with Crippen LogP contribution in [0.1, 0.15) is 12.8 Å². The fourth-order valence-electron chi connectivity index (χ4n) is 3.61. The van der Waals surface area contributed by atoms with Crippen molar-refractivity contribution in [3.05, 3.63) is 65.0 Å². The molecule has 0 saturated carbocycles. The highest BCUT2D eigenvalue weighted by atomic mass is 32.1. The summed E-state index contributed by atoms with van der Waals surface area (Å²) in [6.07, 6.45) is 1.90. The SMILES string of the molecule is O=C(COc1ccc2ccc(=O)oc2c1)N(CC1CCCO1)c1nc2ccccc2s1. The van der Waals surface area contributed by atoms with Crippen molar-refractivity contribution >= 4 is 43.6 Å². The van der Waals surface area contributed by atoms with E-state index in [1.165, 1.54) is 17.4 Å². The minimum Gasteiger partial charge on any atom is -0.484 e. The number of ether oxygens (including phenoxy) is 2. The second-order valence-electron chi connectivity index (χ2n) is 7.35. The van der Waals surface area contributed by atoms with Crippen molar-refractivity contribution in [2.24, 2.45) is 0 Å². The Morgan fingerprint density at radius 3 is 2.90 bits per heavy atom. The van der Waals surface area contributed by atoms with Crippen LogP contribution in [0, 0.1) is 0 Å². The number of thiazole rings is 1. The molecule has 4 aromatic rings. The predicted octanol–water partition coefficient (Wildman–Crippen LogP) is 3.99. The third kappa shape index (κ3) is 4.30. The summed E-state index contributed by atoms with van der Waals surface area (Å²) in [5.41, 5.74) is 0.845. The summed E-state index contributed by atoms with van der Waals surface area (Å²) >= 11 is 1.48. The molecule has 31 heavy (non-hydrogen) atoms. The van der Waals surface area contributed by atoms with Gasteiger partial charge in [-0.05, 0) is 43.2 Å². The average Bonchev–Trinajstić information content (AvgIpc) is 3.45. The normalized spacial score (nSPS) is 16.1. The summed E-state index contributed by atoms with van der Waals surface area (Å²) in [7, 11) is 0. The molecule has 0 bridgehead atoms. The lowest BCUT2D eigenvalue weighted by Crippen LogP contribution is -2.40. The number of fused-ring (bicyclic) bond motifs is 2. The fourth-order valence-corrected chi connectivity index (χ4v) is 4.60. The highest BCUT2D eigenvalue weighted by Crippen LogP contribution is 2.30. The van der Waals surface area contributed by atoms with Crippen LogP contribution in [0.4, 0.5) is 5.13 Å². The molecule has 2 aromatic carbocycles. The van der Waals surface area contributed by atoms with E-state index in [4.69, 9.17) is 13.9 Å². The van der Waals surface area contributed by atoms with Crippen LogP contribution < -0.4 is 15.3 Å². The van der Waals surface area contributed by atoms with Crippen LogP contribution in [0.5, 0.6) is 5.75 Å². The number of carbonyl (C=O) groups is 1. The first-order valence-corrected chi connectivity index (χ1v) is 10.9. The van der Waals surface area contributed by atoms with Gasteiger partial charge in [0.25, 0.3) is 5.91 Å². The molecular weight excluding hydrogens is 416 g/mol. The number of rotatable bonds is 6. The highest BCUT2D eigenvalue weighted by Gasteiger charge is 2.26. The van der Waals surface area contributed by atoms with E-state index in [-0.39, 0.29) is 18.6 Å². The highest BCUT2D eigenvalue weighted by molar-refractivity contribution is 7.22. The Labute approximate surface area is 181 Å². The predicted molar refractivity (Wildman–Crippen MR) is 119 cm³/mol. The lowest BCUT2D eigenvalue weighted by Gasteiger charge is -2.23. The zero-order valence-electron chi connectivity index (χ0n) is 16.7. The molecule has 1 fully saturated rings. The van der Waals surface area contributed by atoms with E-state index >= 15 is 0 Å². The summed E-state index contributed by atoms with van der Waals surface area (Å²) < 4.78 is 17.7. The number of benzene rings is 2. The van der Waals surface area contributed by atoms with Gasteiger partial charge in [-0.2, -0.15) is 0 Å². The lowest BCUT2D eigenvalue weighted by molar-refractivity contribution is -0.120. The van der Waals surface area contributed by atoms with Crippen molar-refractivity contribution in [2.45, 2.75) is 18.9 Å². The van der Waals surface area contributed by atoms with E-state index < -0.39 is 5.63 Å². The molecule has 1 unspecified atom stereocenters. The zero-order chi connectivity index (χ0) is 21.2. The molecular formula is C23H20N2O5S. The van der Waals surface area contributed by atoms with Crippen LogP contribution in [0.3, 0.4) is 0 Å². The number of hydrogen-bond acceptors (Lipinski definition) is 7. The molecule has 0 radical (unpaired) electrons. The molecule has 1 aliphatic rings. The van der Waals surface area contributed by atoms with E-state index in [1.54, 1.807) is 29.2 Å². The van der Waals surface area contributed by atoms with E-state index in [2.05, 4.69) is 4.98 Å². The van der Waals surface area contributed by atoms with Gasteiger partial charge in [-0.1, -0.05) is 23.5 Å². The second-order valence-corrected chi connectivity index (χ2v) is 8.36. The third-order valence-electron chi connectivity index (χ3n) is 5.18. The van der Waals surface area contributed by atoms with Crippen LogP contribution in [0.2, 0.25) is 0 Å². The Balaban J connectivity index is 1.36. The van der Waals surface area contributed by atoms with Crippen molar-refractivity contribution in [1.82, 2.24) is 4.98 Å². The van der Waals surface area contributed by atoms with Gasteiger partial charge in [-0.3, -0.25) is 9.69 Å². The Bertz CT molecular complexity index is 1260. The summed E-state index contributed by atoms with van der Waals surface area (Å²) in [4.78, 5) is 30.9. The van der Waals surface area contributed by atoms with E-state index in [9.17, 15) is 9.59 Å². The van der Waals surface area contributed by atoms with Gasteiger partial charge in [0.1, 0.15) is 11.3 Å². The molecule has 0 spiro atoms. The Kier molecular flexibility index (Phi) is 5.40. The molecule has 2 aromatic heterocycles. The maximum atomic E-state index is 13.1. The zero-order valence-corrected chi connectivity index (χ0v) is 17.5. The van der Waals surface area contributed by atoms with Crippen LogP contribution >= 0.6 is 11.3 Å². The van der Waals surface area contributed by atoms with Crippen molar-refractivity contribution in [2.75, 3.05) is 24.7 Å². The number of nitrogens with zero attached hydrogens (tertiary/aromatic N) is 2. The molecule has 1 saturated heterocycles. The fraction of sp³-hybridized carbons (Fsp3) is 0.261. The van der Waals surface area contributed by atoms with Crippen LogP contribution in [-0.4, -0.2) is 36.8 Å². The van der Waals surface area contributed by atoms with E-state index in [1.807, 2.05) is 24.3 Å². The second kappa shape index (κ2) is 8.49. The largest absolute Gasteiger partial charge is 0.484 e. The van der Waals surface area contributed by atoms with Crippen molar-refractivity contribution < 1.29 is 18.7 Å². The molecule has 0 N–H and O–H groups in total. The number of amides is 1. The Morgan fingerprint density at radius 1 is 1.19 bits per heavy atom. The standard InChI is InChI=1S/C23H20N2O5S/c26-21(14-29-16-9-7-15-8-10-22(27)30-19(15)12-16)25(13-17-4-3-11-28-17)23-24-18-5-1-2-6-20(18)31-23/h1-2,5-10,12,17H,3-4,11,13-14H2. The topological polar surface area (TPSA) is 81.9 Å². The molecule has 5 rings (SSSR count). The smallest absolute Gasteiger partial charge is 0.336 e. The summed E-state index contributed by atoms with van der Waals surface area (Å²) in [6, 6.07) is 16.0. The van der Waals surface area contributed by atoms with Gasteiger partial charge >= 0.3 is 5.63 Å². The van der Waals surface area contributed by atoms with Gasteiger partial charge in [0, 0.05) is 24.1 Å². The van der Waals surface area contributed by atoms with Crippen molar-refractivity contribution in [3.63, 3.8) is 0 Å². The first-order valence-electron chi connectivity index (χ1n) is 10.1. The molecule has 8 heteroatoms. The molecule has 7 nitrogen and oxygen atoms in total. The van der Waals surface area contributed by atoms with Gasteiger partial charge in [-0.25, -0.2) is 9.78 Å². The van der Waals surface area contributed by atoms with Gasteiger partial charge in [0.15, 0.2) is 11.7 Å². The van der Waals surface area contributed by atoms with Gasteiger partial charge in [0.2, 0.25) is 0 Å². The van der Waals surface area contributed by atoms with Crippen molar-refractivity contribution in [3.8, 4) is 5.75 Å². The summed E-state index contributed by atoms with van der Waals surface area (Å²) in [6.45, 7) is 0.991. The molecule has 1 amide bonds. The third-order valence-corrected chi connectivity index (χ3v) is 6.24. The summed E-state index contributed by atoms with van der Waals surface area (Å²) in [5, 5.41) is 1.42. The molecule has 3 heterocycles. The first-order chi connectivity index (χ1) is 15.2. The average molecular weight is 436 g/mol. The van der Waals surface area contributed by atoms with Crippen LogP contribution in [0.25, 0.3) is 21.2 Å². The number of carbonyl (C=O) groups excluding carboxylic acids is 1. The molecule has 1 atom stereocenters. The first kappa shape index (κ1) is 19.7. The lowest BCUT2D eigenvalue weighted by atomic mass is 10.2. The number of hydrogen-bond donors (Lipinski definition) is 0. The molecule has 158 valence electrons. The van der Waals surface area contributed by atoms with Gasteiger partial charge in [0.05, 0.1) is 22.9 Å². The maximum absolute atomic E-state index is 13.1. The number of para-hydroxylation sites is 1. The van der Waals surface area contributed by atoms with E-state index in [0.29, 0.717) is 29.6 Å². The van der Waals surface area contributed by atoms with Gasteiger partial charge < -0.3 is 13.9 Å². The molecule has 0 aliphatic carbocycles. The minimum absolute atomic E-state index is 0.00842. The summed E-state index contributed by atoms with van der Waals surface area (Å²) in [5.74, 6) is 0.251. The minimum atomic E-state index is -0.431. The van der Waals surface area contributed by atoms with Crippen LogP contribution in [-0.2, 0) is 9.53 Å². The molecule has 1 aliphatic heterocycles. The quantitative estimate of drug-likeness (QED) is 0.425. The number of anilines is 1. The van der Waals surface area contributed by atoms with Crippen molar-refractivity contribution in [1.29, 1.82) is 0 Å². The van der Waals surface area contributed by atoms with E-state index in [0.717, 1.165) is 28.4 Å². The van der Waals surface area contributed by atoms with Gasteiger partial charge in [-0.15, -0.1) is 0 Å². The Hall–Kier alpha value is -3.23.